The van der Waals surface area contributed by atoms with Crippen LogP contribution in [0, 0.1) is 5.92 Å². The number of anilines is 1. The van der Waals surface area contributed by atoms with Crippen molar-refractivity contribution in [2.45, 2.75) is 37.6 Å². The molecule has 0 heterocycles. The first-order valence-electron chi connectivity index (χ1n) is 9.99. The molecule has 2 aliphatic rings. The van der Waals surface area contributed by atoms with Crippen molar-refractivity contribution in [3.8, 4) is 0 Å². The van der Waals surface area contributed by atoms with Crippen LogP contribution in [0.2, 0.25) is 5.02 Å². The van der Waals surface area contributed by atoms with E-state index in [0.29, 0.717) is 16.3 Å². The Kier molecular flexibility index (Phi) is 5.52. The van der Waals surface area contributed by atoms with Gasteiger partial charge in [-0.25, -0.2) is 4.79 Å². The molecule has 2 aromatic carbocycles. The summed E-state index contributed by atoms with van der Waals surface area (Å²) in [5.41, 5.74) is 1.89. The number of hydrogen-bond donors (Lipinski definition) is 2. The van der Waals surface area contributed by atoms with Crippen LogP contribution in [-0.2, 0) is 26.3 Å². The summed E-state index contributed by atoms with van der Waals surface area (Å²) in [6.07, 6.45) is 3.34. The highest BCUT2D eigenvalue weighted by atomic mass is 35.5. The monoisotopic (exact) mass is 426 g/mol. The lowest BCUT2D eigenvalue weighted by Crippen LogP contribution is -2.28. The largest absolute Gasteiger partial charge is 0.465 e. The van der Waals surface area contributed by atoms with E-state index in [1.807, 2.05) is 12.1 Å². The highest BCUT2D eigenvalue weighted by Gasteiger charge is 2.51. The van der Waals surface area contributed by atoms with E-state index in [0.717, 1.165) is 36.8 Å². The first-order valence-corrected chi connectivity index (χ1v) is 10.4. The molecular weight excluding hydrogens is 404 g/mol. The van der Waals surface area contributed by atoms with Gasteiger partial charge >= 0.3 is 5.97 Å². The van der Waals surface area contributed by atoms with Gasteiger partial charge in [0.25, 0.3) is 0 Å². The lowest BCUT2D eigenvalue weighted by Gasteiger charge is -2.17. The number of nitrogens with one attached hydrogen (secondary N) is 2. The summed E-state index contributed by atoms with van der Waals surface area (Å²) in [6.45, 7) is 0.283. The Morgan fingerprint density at radius 2 is 1.80 bits per heavy atom. The standard InChI is InChI=1S/C23H23ClN2O4/c1-30-21(28)16-10-14(13-25-20(27)15-2-3-15)11-19(12-16)26-22(29)23(8-9-23)17-4-6-18(24)7-5-17/h4-7,10-12,15H,2-3,8-9,13H2,1H3,(H,25,27)(H,26,29). The Labute approximate surface area is 179 Å². The third-order valence-electron chi connectivity index (χ3n) is 5.67. The number of benzene rings is 2. The Balaban J connectivity index is 1.53. The summed E-state index contributed by atoms with van der Waals surface area (Å²) in [5, 5.41) is 6.45. The van der Waals surface area contributed by atoms with Gasteiger partial charge in [-0.15, -0.1) is 0 Å². The van der Waals surface area contributed by atoms with Gasteiger partial charge < -0.3 is 15.4 Å². The Morgan fingerprint density at radius 3 is 2.40 bits per heavy atom. The average Bonchev–Trinajstić information content (AvgIpc) is 3.64. The van der Waals surface area contributed by atoms with Crippen molar-refractivity contribution < 1.29 is 19.1 Å². The molecule has 2 N–H and O–H groups in total. The summed E-state index contributed by atoms with van der Waals surface area (Å²) in [6, 6.07) is 12.3. The van der Waals surface area contributed by atoms with Gasteiger partial charge in [0.1, 0.15) is 0 Å². The predicted molar refractivity (Wildman–Crippen MR) is 113 cm³/mol. The number of rotatable bonds is 7. The van der Waals surface area contributed by atoms with Crippen LogP contribution in [0.4, 0.5) is 5.69 Å². The molecule has 0 aliphatic heterocycles. The first-order chi connectivity index (χ1) is 14.4. The van der Waals surface area contributed by atoms with Crippen molar-refractivity contribution in [2.75, 3.05) is 12.4 Å². The van der Waals surface area contributed by atoms with Crippen molar-refractivity contribution in [2.24, 2.45) is 5.92 Å². The second kappa shape index (κ2) is 8.11. The van der Waals surface area contributed by atoms with Crippen molar-refractivity contribution in [1.29, 1.82) is 0 Å². The van der Waals surface area contributed by atoms with Crippen LogP contribution < -0.4 is 10.6 Å². The van der Waals surface area contributed by atoms with Crippen molar-refractivity contribution in [3.05, 3.63) is 64.2 Å². The molecule has 7 heteroatoms. The second-order valence-electron chi connectivity index (χ2n) is 7.95. The molecule has 2 amide bonds. The van der Waals surface area contributed by atoms with E-state index in [9.17, 15) is 14.4 Å². The fraction of sp³-hybridized carbons (Fsp3) is 0.348. The molecule has 0 spiro atoms. The maximum absolute atomic E-state index is 13.1. The number of hydrogen-bond acceptors (Lipinski definition) is 4. The first kappa shape index (κ1) is 20.4. The molecular formula is C23H23ClN2O4. The summed E-state index contributed by atoms with van der Waals surface area (Å²) in [7, 11) is 1.31. The van der Waals surface area contributed by atoms with E-state index >= 15 is 0 Å². The lowest BCUT2D eigenvalue weighted by molar-refractivity contribution is -0.122. The third-order valence-corrected chi connectivity index (χ3v) is 5.92. The van der Waals surface area contributed by atoms with E-state index in [4.69, 9.17) is 16.3 Å². The smallest absolute Gasteiger partial charge is 0.337 e. The molecule has 0 saturated heterocycles. The zero-order valence-electron chi connectivity index (χ0n) is 16.7. The Hall–Kier alpha value is -2.86. The van der Waals surface area contributed by atoms with Crippen LogP contribution in [-0.4, -0.2) is 24.9 Å². The van der Waals surface area contributed by atoms with Gasteiger partial charge in [-0.3, -0.25) is 9.59 Å². The maximum atomic E-state index is 13.1. The molecule has 30 heavy (non-hydrogen) atoms. The van der Waals surface area contributed by atoms with Crippen LogP contribution in [0.3, 0.4) is 0 Å². The van der Waals surface area contributed by atoms with E-state index < -0.39 is 11.4 Å². The number of halogens is 1. The van der Waals surface area contributed by atoms with Gasteiger partial charge in [-0.2, -0.15) is 0 Å². The lowest BCUT2D eigenvalue weighted by atomic mass is 9.95. The topological polar surface area (TPSA) is 84.5 Å². The summed E-state index contributed by atoms with van der Waals surface area (Å²) < 4.78 is 4.83. The molecule has 2 saturated carbocycles. The molecule has 6 nitrogen and oxygen atoms in total. The minimum absolute atomic E-state index is 0.0173. The van der Waals surface area contributed by atoms with Gasteiger partial charge in [0.15, 0.2) is 0 Å². The van der Waals surface area contributed by atoms with Crippen LogP contribution in [0.1, 0.15) is 47.2 Å². The Bertz CT molecular complexity index is 995. The van der Waals surface area contributed by atoms with E-state index in [2.05, 4.69) is 10.6 Å². The zero-order chi connectivity index (χ0) is 21.3. The molecule has 156 valence electrons. The SMILES string of the molecule is COC(=O)c1cc(CNC(=O)C2CC2)cc(NC(=O)C2(c3ccc(Cl)cc3)CC2)c1. The van der Waals surface area contributed by atoms with Crippen LogP contribution >= 0.6 is 11.6 Å². The number of ether oxygens (including phenoxy) is 1. The van der Waals surface area contributed by atoms with Crippen LogP contribution in [0.25, 0.3) is 0 Å². The van der Waals surface area contributed by atoms with Gasteiger partial charge in [0.05, 0.1) is 18.1 Å². The van der Waals surface area contributed by atoms with Crippen molar-refractivity contribution in [1.82, 2.24) is 5.32 Å². The Morgan fingerprint density at radius 1 is 1.10 bits per heavy atom. The minimum Gasteiger partial charge on any atom is -0.465 e. The fourth-order valence-electron chi connectivity index (χ4n) is 3.57. The van der Waals surface area contributed by atoms with E-state index in [1.165, 1.54) is 7.11 Å². The molecule has 0 bridgehead atoms. The van der Waals surface area contributed by atoms with E-state index in [1.54, 1.807) is 30.3 Å². The summed E-state index contributed by atoms with van der Waals surface area (Å²) in [5.74, 6) is -0.509. The molecule has 2 aliphatic carbocycles. The highest BCUT2D eigenvalue weighted by Crippen LogP contribution is 2.49. The molecule has 0 atom stereocenters. The molecule has 0 unspecified atom stereocenters. The molecule has 0 radical (unpaired) electrons. The molecule has 2 fully saturated rings. The molecule has 0 aromatic heterocycles. The number of esters is 1. The van der Waals surface area contributed by atoms with Crippen molar-refractivity contribution >= 4 is 35.1 Å². The predicted octanol–water partition coefficient (Wildman–Crippen LogP) is 3.82. The van der Waals surface area contributed by atoms with Gasteiger partial charge in [-0.1, -0.05) is 23.7 Å². The van der Waals surface area contributed by atoms with Gasteiger partial charge in [0.2, 0.25) is 11.8 Å². The fourth-order valence-corrected chi connectivity index (χ4v) is 3.70. The third kappa shape index (κ3) is 4.33. The zero-order valence-corrected chi connectivity index (χ0v) is 17.4. The number of methoxy groups -OCH3 is 1. The molecule has 2 aromatic rings. The van der Waals surface area contributed by atoms with E-state index in [-0.39, 0.29) is 24.3 Å². The van der Waals surface area contributed by atoms with Gasteiger partial charge in [0, 0.05) is 23.2 Å². The highest BCUT2D eigenvalue weighted by molar-refractivity contribution is 6.30. The number of amides is 2. The average molecular weight is 427 g/mol. The van der Waals surface area contributed by atoms with Gasteiger partial charge in [-0.05, 0) is 67.1 Å². The van der Waals surface area contributed by atoms with Crippen molar-refractivity contribution in [3.63, 3.8) is 0 Å². The summed E-state index contributed by atoms with van der Waals surface area (Å²) in [4.78, 5) is 37.1. The molecule has 4 rings (SSSR count). The maximum Gasteiger partial charge on any atom is 0.337 e. The second-order valence-corrected chi connectivity index (χ2v) is 8.38. The number of carbonyl (C=O) groups is 3. The minimum atomic E-state index is -0.577. The normalized spacial score (nSPS) is 16.5. The number of carbonyl (C=O) groups excluding carboxylic acids is 3. The van der Waals surface area contributed by atoms with Crippen LogP contribution in [0.5, 0.6) is 0 Å². The van der Waals surface area contributed by atoms with Crippen LogP contribution in [0.15, 0.2) is 42.5 Å². The summed E-state index contributed by atoms with van der Waals surface area (Å²) >= 11 is 5.97. The quantitative estimate of drug-likeness (QED) is 0.659.